The number of nitrogens with zero attached hydrogens (tertiary/aromatic N) is 6. The van der Waals surface area contributed by atoms with Crippen molar-refractivity contribution in [2.45, 2.75) is 32.9 Å². The molecule has 152 valence electrons. The Hall–Kier alpha value is -3.10. The van der Waals surface area contributed by atoms with E-state index in [1.54, 1.807) is 4.90 Å². The van der Waals surface area contributed by atoms with Crippen LogP contribution in [0.25, 0.3) is 11.4 Å². The molecule has 0 radical (unpaired) electrons. The third-order valence-corrected chi connectivity index (χ3v) is 5.12. The van der Waals surface area contributed by atoms with Crippen LogP contribution in [-0.4, -0.2) is 41.9 Å². The molecule has 1 aliphatic rings. The number of aromatic nitrogens is 5. The second-order valence-corrected chi connectivity index (χ2v) is 7.45. The summed E-state index contributed by atoms with van der Waals surface area (Å²) in [5.41, 5.74) is 0.647. The minimum atomic E-state index is -2.72. The van der Waals surface area contributed by atoms with Gasteiger partial charge in [-0.3, -0.25) is 9.48 Å². The molecule has 0 bridgehead atoms. The van der Waals surface area contributed by atoms with E-state index in [1.165, 1.54) is 17.8 Å². The van der Waals surface area contributed by atoms with Crippen molar-refractivity contribution in [3.8, 4) is 11.4 Å². The fourth-order valence-corrected chi connectivity index (χ4v) is 3.76. The first-order valence-electron chi connectivity index (χ1n) is 9.50. The maximum Gasteiger partial charge on any atom is 0.282 e. The molecule has 0 saturated carbocycles. The minimum Gasteiger partial charge on any atom is -0.325 e. The molecule has 0 saturated heterocycles. The highest BCUT2D eigenvalue weighted by molar-refractivity contribution is 5.93. The third-order valence-electron chi connectivity index (χ3n) is 5.12. The van der Waals surface area contributed by atoms with Gasteiger partial charge in [-0.05, 0) is 12.0 Å². The van der Waals surface area contributed by atoms with E-state index < -0.39 is 12.1 Å². The van der Waals surface area contributed by atoms with E-state index in [9.17, 15) is 13.6 Å². The first kappa shape index (κ1) is 19.2. The van der Waals surface area contributed by atoms with E-state index in [1.807, 2.05) is 48.9 Å². The monoisotopic (exact) mass is 400 g/mol. The van der Waals surface area contributed by atoms with Gasteiger partial charge in [0.05, 0.1) is 12.6 Å². The lowest BCUT2D eigenvalue weighted by Crippen LogP contribution is -2.45. The molecule has 4 rings (SSSR count). The van der Waals surface area contributed by atoms with Crippen molar-refractivity contribution in [2.75, 3.05) is 6.54 Å². The van der Waals surface area contributed by atoms with Crippen molar-refractivity contribution in [2.24, 2.45) is 13.0 Å². The standard InChI is InChI=1S/C20H22F2N6O/c1-12(2)16-19-23-18(13-7-5-4-6-8-13)25-28(19)10-9-27(16)20(29)15-11-14(17(21)22)24-26(15)3/h4-8,11-12,16-17H,9-10H2,1-3H3/t16-/m0/s1. The lowest BCUT2D eigenvalue weighted by molar-refractivity contribution is 0.0525. The summed E-state index contributed by atoms with van der Waals surface area (Å²) >= 11 is 0. The van der Waals surface area contributed by atoms with E-state index in [-0.39, 0.29) is 23.6 Å². The predicted octanol–water partition coefficient (Wildman–Crippen LogP) is 3.47. The maximum absolute atomic E-state index is 13.2. The molecule has 9 heteroatoms. The van der Waals surface area contributed by atoms with Gasteiger partial charge in [-0.15, -0.1) is 0 Å². The van der Waals surface area contributed by atoms with Crippen LogP contribution in [0.2, 0.25) is 0 Å². The zero-order valence-electron chi connectivity index (χ0n) is 16.5. The highest BCUT2D eigenvalue weighted by Crippen LogP contribution is 2.33. The summed E-state index contributed by atoms with van der Waals surface area (Å²) in [5.74, 6) is 1.05. The van der Waals surface area contributed by atoms with Gasteiger partial charge in [0.15, 0.2) is 11.6 Å². The topological polar surface area (TPSA) is 68.8 Å². The SMILES string of the molecule is CC(C)[C@H]1c2nc(-c3ccccc3)nn2CCN1C(=O)c1cc(C(F)F)nn1C. The molecule has 1 aromatic carbocycles. The molecule has 0 fully saturated rings. The number of fused-ring (bicyclic) bond motifs is 1. The van der Waals surface area contributed by atoms with Crippen LogP contribution in [0.1, 0.15) is 48.3 Å². The van der Waals surface area contributed by atoms with Crippen LogP contribution >= 0.6 is 0 Å². The number of hydrogen-bond donors (Lipinski definition) is 0. The second kappa shape index (κ2) is 7.38. The molecular formula is C20H22F2N6O. The molecule has 1 atom stereocenters. The van der Waals surface area contributed by atoms with Crippen molar-refractivity contribution in [3.05, 3.63) is 53.6 Å². The first-order chi connectivity index (χ1) is 13.9. The maximum atomic E-state index is 13.2. The number of benzene rings is 1. The van der Waals surface area contributed by atoms with Gasteiger partial charge < -0.3 is 4.90 Å². The lowest BCUT2D eigenvalue weighted by atomic mass is 9.99. The Kier molecular flexibility index (Phi) is 4.89. The number of hydrogen-bond acceptors (Lipinski definition) is 4. The Bertz CT molecular complexity index is 1030. The fraction of sp³-hybridized carbons (Fsp3) is 0.400. The van der Waals surface area contributed by atoms with Crippen molar-refractivity contribution < 1.29 is 13.6 Å². The molecule has 0 unspecified atom stereocenters. The number of alkyl halides is 2. The van der Waals surface area contributed by atoms with Crippen LogP contribution in [0.3, 0.4) is 0 Å². The van der Waals surface area contributed by atoms with Gasteiger partial charge in [0, 0.05) is 19.2 Å². The van der Waals surface area contributed by atoms with Gasteiger partial charge in [-0.2, -0.15) is 10.2 Å². The lowest BCUT2D eigenvalue weighted by Gasteiger charge is -2.37. The van der Waals surface area contributed by atoms with Crippen molar-refractivity contribution in [3.63, 3.8) is 0 Å². The summed E-state index contributed by atoms with van der Waals surface area (Å²) < 4.78 is 29.1. The Labute approximate surface area is 167 Å². The minimum absolute atomic E-state index is 0.0635. The number of halogens is 2. The normalized spacial score (nSPS) is 16.5. The molecular weight excluding hydrogens is 378 g/mol. The molecule has 0 spiro atoms. The Morgan fingerprint density at radius 1 is 1.14 bits per heavy atom. The Morgan fingerprint density at radius 3 is 2.48 bits per heavy atom. The van der Waals surface area contributed by atoms with Crippen LogP contribution in [0.15, 0.2) is 36.4 Å². The molecule has 3 heterocycles. The average molecular weight is 400 g/mol. The number of aryl methyl sites for hydroxylation is 1. The highest BCUT2D eigenvalue weighted by Gasteiger charge is 2.37. The Morgan fingerprint density at radius 2 is 1.86 bits per heavy atom. The van der Waals surface area contributed by atoms with Gasteiger partial charge in [0.1, 0.15) is 11.4 Å². The van der Waals surface area contributed by atoms with Gasteiger partial charge in [-0.25, -0.2) is 18.4 Å². The Balaban J connectivity index is 1.70. The third kappa shape index (κ3) is 3.41. The van der Waals surface area contributed by atoms with E-state index in [2.05, 4.69) is 10.2 Å². The number of carbonyl (C=O) groups is 1. The van der Waals surface area contributed by atoms with Crippen molar-refractivity contribution in [1.29, 1.82) is 0 Å². The summed E-state index contributed by atoms with van der Waals surface area (Å²) in [6, 6.07) is 10.5. The summed E-state index contributed by atoms with van der Waals surface area (Å²) in [7, 11) is 1.50. The molecule has 0 aliphatic carbocycles. The smallest absolute Gasteiger partial charge is 0.282 e. The molecule has 7 nitrogen and oxygen atoms in total. The van der Waals surface area contributed by atoms with E-state index in [0.29, 0.717) is 24.7 Å². The van der Waals surface area contributed by atoms with Crippen LogP contribution in [0.4, 0.5) is 8.78 Å². The molecule has 3 aromatic rings. The number of rotatable bonds is 4. The fourth-order valence-electron chi connectivity index (χ4n) is 3.76. The first-order valence-corrected chi connectivity index (χ1v) is 9.50. The van der Waals surface area contributed by atoms with Gasteiger partial charge in [-0.1, -0.05) is 44.2 Å². The van der Waals surface area contributed by atoms with E-state index in [4.69, 9.17) is 4.98 Å². The van der Waals surface area contributed by atoms with E-state index in [0.717, 1.165) is 5.56 Å². The number of amides is 1. The number of carbonyl (C=O) groups excluding carboxylic acids is 1. The largest absolute Gasteiger partial charge is 0.325 e. The van der Waals surface area contributed by atoms with Gasteiger partial charge in [0.2, 0.25) is 0 Å². The van der Waals surface area contributed by atoms with Crippen molar-refractivity contribution >= 4 is 5.91 Å². The predicted molar refractivity (Wildman–Crippen MR) is 102 cm³/mol. The molecule has 0 N–H and O–H groups in total. The quantitative estimate of drug-likeness (QED) is 0.673. The molecule has 2 aromatic heterocycles. The zero-order valence-corrected chi connectivity index (χ0v) is 16.5. The van der Waals surface area contributed by atoms with E-state index >= 15 is 0 Å². The van der Waals surface area contributed by atoms with Crippen LogP contribution in [-0.2, 0) is 13.6 Å². The second-order valence-electron chi connectivity index (χ2n) is 7.45. The molecule has 1 amide bonds. The zero-order chi connectivity index (χ0) is 20.7. The summed E-state index contributed by atoms with van der Waals surface area (Å²) in [4.78, 5) is 19.6. The average Bonchev–Trinajstić information content (AvgIpc) is 3.30. The summed E-state index contributed by atoms with van der Waals surface area (Å²) in [6.07, 6.45) is -2.72. The van der Waals surface area contributed by atoms with Crippen LogP contribution < -0.4 is 0 Å². The molecule has 29 heavy (non-hydrogen) atoms. The van der Waals surface area contributed by atoms with Gasteiger partial charge in [0.25, 0.3) is 12.3 Å². The molecule has 1 aliphatic heterocycles. The van der Waals surface area contributed by atoms with Crippen molar-refractivity contribution in [1.82, 2.24) is 29.4 Å². The van der Waals surface area contributed by atoms with Crippen LogP contribution in [0.5, 0.6) is 0 Å². The van der Waals surface area contributed by atoms with Gasteiger partial charge >= 0.3 is 0 Å². The highest BCUT2D eigenvalue weighted by atomic mass is 19.3. The van der Waals surface area contributed by atoms with Crippen LogP contribution in [0, 0.1) is 5.92 Å². The summed E-state index contributed by atoms with van der Waals surface area (Å²) in [6.45, 7) is 4.92. The summed E-state index contributed by atoms with van der Waals surface area (Å²) in [5, 5.41) is 8.39.